The molecule has 0 aliphatic heterocycles. The second kappa shape index (κ2) is 4.70. The quantitative estimate of drug-likeness (QED) is 0.346. The van der Waals surface area contributed by atoms with E-state index in [0.29, 0.717) is 5.82 Å². The summed E-state index contributed by atoms with van der Waals surface area (Å²) >= 11 is 0. The minimum absolute atomic E-state index is 0.685. The van der Waals surface area contributed by atoms with E-state index in [2.05, 4.69) is 25.5 Å². The van der Waals surface area contributed by atoms with E-state index in [0.717, 1.165) is 11.3 Å². The zero-order chi connectivity index (χ0) is 11.2. The van der Waals surface area contributed by atoms with Crippen molar-refractivity contribution in [1.82, 2.24) is 20.5 Å². The van der Waals surface area contributed by atoms with Crippen LogP contribution in [0.4, 0.5) is 5.69 Å². The molecule has 0 unspecified atom stereocenters. The van der Waals surface area contributed by atoms with Gasteiger partial charge in [-0.05, 0) is 12.1 Å². The number of H-pyrrole nitrogens is 1. The highest BCUT2D eigenvalue weighted by molar-refractivity contribution is 5.66. The third kappa shape index (κ3) is 2.22. The molecule has 16 heavy (non-hydrogen) atoms. The zero-order valence-electron chi connectivity index (χ0n) is 8.25. The van der Waals surface area contributed by atoms with Gasteiger partial charge in [0.1, 0.15) is 12.7 Å². The van der Waals surface area contributed by atoms with Crippen LogP contribution in [0.15, 0.2) is 35.6 Å². The van der Waals surface area contributed by atoms with Gasteiger partial charge in [-0.1, -0.05) is 12.1 Å². The SMILES string of the molecule is N#CNC=Nc1cccc(-c2ncn[nH]2)c1. The fraction of sp³-hybridized carbons (Fsp3) is 0. The van der Waals surface area contributed by atoms with Crippen molar-refractivity contribution in [2.45, 2.75) is 0 Å². The van der Waals surface area contributed by atoms with Crippen LogP contribution in [-0.2, 0) is 0 Å². The van der Waals surface area contributed by atoms with E-state index >= 15 is 0 Å². The Kier molecular flexibility index (Phi) is 2.90. The predicted molar refractivity (Wildman–Crippen MR) is 58.7 cm³/mol. The molecule has 2 aromatic rings. The van der Waals surface area contributed by atoms with Crippen molar-refractivity contribution in [1.29, 1.82) is 5.26 Å². The molecule has 0 saturated heterocycles. The molecule has 0 bridgehead atoms. The number of aromatic nitrogens is 3. The summed E-state index contributed by atoms with van der Waals surface area (Å²) in [5, 5.41) is 17.1. The van der Waals surface area contributed by atoms with Crippen molar-refractivity contribution >= 4 is 12.0 Å². The second-order valence-corrected chi connectivity index (χ2v) is 2.90. The van der Waals surface area contributed by atoms with Crippen LogP contribution in [0.1, 0.15) is 0 Å². The van der Waals surface area contributed by atoms with E-state index < -0.39 is 0 Å². The first-order chi connectivity index (χ1) is 7.90. The molecule has 0 atom stereocenters. The molecule has 0 radical (unpaired) electrons. The first-order valence-electron chi connectivity index (χ1n) is 4.53. The summed E-state index contributed by atoms with van der Waals surface area (Å²) < 4.78 is 0. The third-order valence-electron chi connectivity index (χ3n) is 1.88. The Labute approximate surface area is 91.7 Å². The van der Waals surface area contributed by atoms with Gasteiger partial charge in [0.25, 0.3) is 0 Å². The molecule has 2 N–H and O–H groups in total. The van der Waals surface area contributed by atoms with Gasteiger partial charge >= 0.3 is 0 Å². The summed E-state index contributed by atoms with van der Waals surface area (Å²) in [6, 6.07) is 7.43. The zero-order valence-corrected chi connectivity index (χ0v) is 8.25. The van der Waals surface area contributed by atoms with Crippen LogP contribution in [0.3, 0.4) is 0 Å². The lowest BCUT2D eigenvalue weighted by Gasteiger charge is -1.97. The molecule has 1 aromatic carbocycles. The largest absolute Gasteiger partial charge is 0.283 e. The number of nitrogens with zero attached hydrogens (tertiary/aromatic N) is 4. The third-order valence-corrected chi connectivity index (χ3v) is 1.88. The van der Waals surface area contributed by atoms with Gasteiger partial charge in [-0.2, -0.15) is 10.4 Å². The Bertz CT molecular complexity index is 522. The summed E-state index contributed by atoms with van der Waals surface area (Å²) in [5.41, 5.74) is 1.63. The summed E-state index contributed by atoms with van der Waals surface area (Å²) in [5.74, 6) is 0.685. The summed E-state index contributed by atoms with van der Waals surface area (Å²) in [6.07, 6.45) is 4.53. The van der Waals surface area contributed by atoms with E-state index in [1.165, 1.54) is 12.7 Å². The van der Waals surface area contributed by atoms with Gasteiger partial charge in [0.15, 0.2) is 12.0 Å². The standard InChI is InChI=1S/C10H8N6/c11-5-12-6-13-9-3-1-2-8(4-9)10-14-7-15-16-10/h1-4,6-7H,(H,12,13)(H,14,15,16). The molecule has 6 heteroatoms. The van der Waals surface area contributed by atoms with E-state index in [4.69, 9.17) is 5.26 Å². The van der Waals surface area contributed by atoms with Crippen LogP contribution in [0.25, 0.3) is 11.4 Å². The lowest BCUT2D eigenvalue weighted by Crippen LogP contribution is -1.98. The van der Waals surface area contributed by atoms with Crippen LogP contribution in [0.2, 0.25) is 0 Å². The minimum atomic E-state index is 0.685. The summed E-state index contributed by atoms with van der Waals surface area (Å²) in [7, 11) is 0. The maximum absolute atomic E-state index is 8.27. The first-order valence-corrected chi connectivity index (χ1v) is 4.53. The summed E-state index contributed by atoms with van der Waals surface area (Å²) in [6.45, 7) is 0. The van der Waals surface area contributed by atoms with Crippen molar-refractivity contribution in [3.05, 3.63) is 30.6 Å². The molecule has 6 nitrogen and oxygen atoms in total. The number of aromatic amines is 1. The maximum atomic E-state index is 8.27. The van der Waals surface area contributed by atoms with Crippen molar-refractivity contribution in [2.75, 3.05) is 0 Å². The number of hydrogen-bond donors (Lipinski definition) is 2. The topological polar surface area (TPSA) is 89.8 Å². The number of nitrogens with one attached hydrogen (secondary N) is 2. The Morgan fingerprint density at radius 2 is 2.44 bits per heavy atom. The van der Waals surface area contributed by atoms with Crippen LogP contribution >= 0.6 is 0 Å². The van der Waals surface area contributed by atoms with Gasteiger partial charge in [0.2, 0.25) is 0 Å². The molecule has 1 heterocycles. The van der Waals surface area contributed by atoms with E-state index in [9.17, 15) is 0 Å². The van der Waals surface area contributed by atoms with Crippen LogP contribution in [0.5, 0.6) is 0 Å². The molecule has 0 aliphatic carbocycles. The summed E-state index contributed by atoms with van der Waals surface area (Å²) in [4.78, 5) is 8.08. The number of nitriles is 1. The Balaban J connectivity index is 2.24. The number of benzene rings is 1. The van der Waals surface area contributed by atoms with Crippen LogP contribution < -0.4 is 5.32 Å². The average Bonchev–Trinajstić information content (AvgIpc) is 2.83. The molecular weight excluding hydrogens is 204 g/mol. The predicted octanol–water partition coefficient (Wildman–Crippen LogP) is 1.20. The Morgan fingerprint density at radius 1 is 1.50 bits per heavy atom. The second-order valence-electron chi connectivity index (χ2n) is 2.90. The van der Waals surface area contributed by atoms with Crippen molar-refractivity contribution < 1.29 is 0 Å². The van der Waals surface area contributed by atoms with Gasteiger partial charge in [-0.3, -0.25) is 10.4 Å². The first kappa shape index (κ1) is 9.86. The molecule has 0 amide bonds. The minimum Gasteiger partial charge on any atom is -0.283 e. The fourth-order valence-corrected chi connectivity index (χ4v) is 1.21. The number of aliphatic imine (C=N–C) groups is 1. The Morgan fingerprint density at radius 3 is 3.19 bits per heavy atom. The molecule has 0 aliphatic rings. The number of rotatable bonds is 3. The Hall–Kier alpha value is -2.68. The molecule has 0 spiro atoms. The van der Waals surface area contributed by atoms with Gasteiger partial charge in [-0.25, -0.2) is 9.98 Å². The molecule has 2 rings (SSSR count). The molecule has 0 saturated carbocycles. The van der Waals surface area contributed by atoms with Crippen molar-refractivity contribution in [2.24, 2.45) is 4.99 Å². The van der Waals surface area contributed by atoms with Gasteiger partial charge in [-0.15, -0.1) is 0 Å². The lowest BCUT2D eigenvalue weighted by atomic mass is 10.2. The van der Waals surface area contributed by atoms with Gasteiger partial charge in [0.05, 0.1) is 5.69 Å². The normalized spacial score (nSPS) is 10.2. The molecule has 1 aromatic heterocycles. The number of hydrogen-bond acceptors (Lipinski definition) is 4. The highest BCUT2D eigenvalue weighted by atomic mass is 15.2. The van der Waals surface area contributed by atoms with Gasteiger partial charge < -0.3 is 0 Å². The highest BCUT2D eigenvalue weighted by Crippen LogP contribution is 2.20. The fourth-order valence-electron chi connectivity index (χ4n) is 1.21. The average molecular weight is 212 g/mol. The maximum Gasteiger partial charge on any atom is 0.182 e. The van der Waals surface area contributed by atoms with Crippen LogP contribution in [-0.4, -0.2) is 21.5 Å². The highest BCUT2D eigenvalue weighted by Gasteiger charge is 2.00. The van der Waals surface area contributed by atoms with Crippen molar-refractivity contribution in [3.63, 3.8) is 0 Å². The van der Waals surface area contributed by atoms with E-state index in [1.807, 2.05) is 24.3 Å². The molecule has 0 fully saturated rings. The van der Waals surface area contributed by atoms with E-state index in [-0.39, 0.29) is 0 Å². The van der Waals surface area contributed by atoms with Gasteiger partial charge in [0, 0.05) is 5.56 Å². The smallest absolute Gasteiger partial charge is 0.182 e. The lowest BCUT2D eigenvalue weighted by molar-refractivity contribution is 1.10. The van der Waals surface area contributed by atoms with Crippen molar-refractivity contribution in [3.8, 4) is 17.6 Å². The molecular formula is C10H8N6. The molecule has 78 valence electrons. The monoisotopic (exact) mass is 212 g/mol. The van der Waals surface area contributed by atoms with E-state index in [1.54, 1.807) is 6.19 Å². The van der Waals surface area contributed by atoms with Crippen LogP contribution in [0, 0.1) is 11.5 Å².